The molecular formula is C21H27N3O5. The number of methoxy groups -OCH3 is 1. The molecule has 3 heterocycles. The second kappa shape index (κ2) is 8.12. The van der Waals surface area contributed by atoms with Crippen LogP contribution < -0.4 is 0 Å². The quantitative estimate of drug-likeness (QED) is 0.559. The summed E-state index contributed by atoms with van der Waals surface area (Å²) in [5.74, 6) is -0.341. The monoisotopic (exact) mass is 401 g/mol. The van der Waals surface area contributed by atoms with Crippen molar-refractivity contribution in [1.29, 1.82) is 0 Å². The normalized spacial score (nSPS) is 24.7. The number of ether oxygens (including phenoxy) is 2. The third kappa shape index (κ3) is 3.74. The van der Waals surface area contributed by atoms with Crippen LogP contribution in [0.25, 0.3) is 0 Å². The molecule has 1 atom stereocenters. The van der Waals surface area contributed by atoms with Gasteiger partial charge in [-0.2, -0.15) is 0 Å². The molecule has 1 aromatic carbocycles. The van der Waals surface area contributed by atoms with Gasteiger partial charge in [0.1, 0.15) is 13.2 Å². The Labute approximate surface area is 170 Å². The van der Waals surface area contributed by atoms with Crippen LogP contribution in [0.3, 0.4) is 0 Å². The Hall–Kier alpha value is -2.45. The number of fused-ring (bicyclic) bond motifs is 2. The van der Waals surface area contributed by atoms with Crippen LogP contribution in [-0.4, -0.2) is 73.8 Å². The van der Waals surface area contributed by atoms with E-state index in [4.69, 9.17) is 14.3 Å². The molecular weight excluding hydrogens is 374 g/mol. The number of amides is 1. The highest BCUT2D eigenvalue weighted by Crippen LogP contribution is 2.43. The number of oxime groups is 1. The van der Waals surface area contributed by atoms with Crippen LogP contribution in [-0.2, 0) is 36.1 Å². The van der Waals surface area contributed by atoms with Crippen molar-refractivity contribution in [2.75, 3.05) is 40.4 Å². The highest BCUT2D eigenvalue weighted by Gasteiger charge is 2.44. The van der Waals surface area contributed by atoms with Gasteiger partial charge in [-0.1, -0.05) is 29.4 Å². The fourth-order valence-corrected chi connectivity index (χ4v) is 4.68. The summed E-state index contributed by atoms with van der Waals surface area (Å²) in [4.78, 5) is 33.6. The van der Waals surface area contributed by atoms with Gasteiger partial charge in [0.15, 0.2) is 0 Å². The Morgan fingerprint density at radius 2 is 2.00 bits per heavy atom. The van der Waals surface area contributed by atoms with Crippen molar-refractivity contribution in [3.8, 4) is 0 Å². The van der Waals surface area contributed by atoms with Gasteiger partial charge >= 0.3 is 5.97 Å². The molecule has 8 nitrogen and oxygen atoms in total. The maximum absolute atomic E-state index is 12.9. The molecule has 0 bridgehead atoms. The van der Waals surface area contributed by atoms with Crippen LogP contribution in [0.5, 0.6) is 0 Å². The number of hydrogen-bond donors (Lipinski definition) is 0. The number of hydrogen-bond acceptors (Lipinski definition) is 7. The van der Waals surface area contributed by atoms with Crippen LogP contribution in [0, 0.1) is 0 Å². The lowest BCUT2D eigenvalue weighted by atomic mass is 9.84. The van der Waals surface area contributed by atoms with E-state index in [-0.39, 0.29) is 24.0 Å². The van der Waals surface area contributed by atoms with Gasteiger partial charge in [-0.3, -0.25) is 14.5 Å². The summed E-state index contributed by atoms with van der Waals surface area (Å²) in [6.07, 6.45) is 1.99. The molecule has 0 unspecified atom stereocenters. The molecule has 156 valence electrons. The smallest absolute Gasteiger partial charge is 0.323 e. The molecule has 0 aromatic heterocycles. The highest BCUT2D eigenvalue weighted by atomic mass is 16.6. The number of carbonyl (C=O) groups is 2. The molecule has 3 aliphatic heterocycles. The first kappa shape index (κ1) is 19.8. The SMILES string of the molecule is CON=C1C[C@@H](C(=O)OC)N(CC(=O)N2CCC3(CC2)OCc2ccccc23)C1. The third-order valence-corrected chi connectivity index (χ3v) is 6.22. The van der Waals surface area contributed by atoms with Crippen molar-refractivity contribution in [3.05, 3.63) is 35.4 Å². The first-order chi connectivity index (χ1) is 14.1. The van der Waals surface area contributed by atoms with E-state index in [9.17, 15) is 9.59 Å². The Kier molecular flexibility index (Phi) is 5.56. The van der Waals surface area contributed by atoms with E-state index in [0.717, 1.165) is 18.6 Å². The predicted molar refractivity (Wildman–Crippen MR) is 105 cm³/mol. The molecule has 1 aromatic rings. The summed E-state index contributed by atoms with van der Waals surface area (Å²) in [6, 6.07) is 7.84. The Balaban J connectivity index is 1.39. The summed E-state index contributed by atoms with van der Waals surface area (Å²) in [5.41, 5.74) is 2.98. The van der Waals surface area contributed by atoms with Gasteiger partial charge in [0.05, 0.1) is 31.6 Å². The minimum Gasteiger partial charge on any atom is -0.468 e. The topological polar surface area (TPSA) is 80.7 Å². The van der Waals surface area contributed by atoms with Crippen LogP contribution in [0.4, 0.5) is 0 Å². The summed E-state index contributed by atoms with van der Waals surface area (Å²) < 4.78 is 11.1. The van der Waals surface area contributed by atoms with Gasteiger partial charge < -0.3 is 19.2 Å². The largest absolute Gasteiger partial charge is 0.468 e. The number of benzene rings is 1. The molecule has 0 saturated carbocycles. The lowest BCUT2D eigenvalue weighted by molar-refractivity contribution is -0.147. The van der Waals surface area contributed by atoms with Crippen molar-refractivity contribution in [3.63, 3.8) is 0 Å². The number of esters is 1. The molecule has 1 spiro atoms. The zero-order valence-corrected chi connectivity index (χ0v) is 16.9. The number of nitrogens with zero attached hydrogens (tertiary/aromatic N) is 3. The number of carbonyl (C=O) groups excluding carboxylic acids is 2. The van der Waals surface area contributed by atoms with E-state index >= 15 is 0 Å². The van der Waals surface area contributed by atoms with E-state index in [0.29, 0.717) is 32.7 Å². The molecule has 2 fully saturated rings. The van der Waals surface area contributed by atoms with Crippen molar-refractivity contribution in [2.45, 2.75) is 37.5 Å². The Bertz CT molecular complexity index is 816. The van der Waals surface area contributed by atoms with E-state index in [1.807, 2.05) is 21.9 Å². The Morgan fingerprint density at radius 1 is 1.24 bits per heavy atom. The first-order valence-electron chi connectivity index (χ1n) is 9.97. The average Bonchev–Trinajstić information content (AvgIpc) is 3.30. The summed E-state index contributed by atoms with van der Waals surface area (Å²) in [7, 11) is 2.83. The zero-order valence-electron chi connectivity index (χ0n) is 16.9. The van der Waals surface area contributed by atoms with Crippen molar-refractivity contribution < 1.29 is 23.9 Å². The Morgan fingerprint density at radius 3 is 2.72 bits per heavy atom. The molecule has 1 amide bonds. The molecule has 0 aliphatic carbocycles. The second-order valence-electron chi connectivity index (χ2n) is 7.81. The highest BCUT2D eigenvalue weighted by molar-refractivity contribution is 5.95. The van der Waals surface area contributed by atoms with E-state index in [1.165, 1.54) is 25.3 Å². The van der Waals surface area contributed by atoms with E-state index < -0.39 is 6.04 Å². The fourth-order valence-electron chi connectivity index (χ4n) is 4.68. The molecule has 29 heavy (non-hydrogen) atoms. The summed E-state index contributed by atoms with van der Waals surface area (Å²) in [5, 5.41) is 3.96. The minimum atomic E-state index is -0.501. The number of likely N-dealkylation sites (tertiary alicyclic amines) is 2. The van der Waals surface area contributed by atoms with Gasteiger partial charge in [-0.15, -0.1) is 0 Å². The summed E-state index contributed by atoms with van der Waals surface area (Å²) >= 11 is 0. The lowest BCUT2D eigenvalue weighted by Crippen LogP contribution is -2.49. The fraction of sp³-hybridized carbons (Fsp3) is 0.571. The molecule has 2 saturated heterocycles. The number of rotatable bonds is 4. The minimum absolute atomic E-state index is 0.0127. The first-order valence-corrected chi connectivity index (χ1v) is 9.97. The molecule has 3 aliphatic rings. The van der Waals surface area contributed by atoms with Gasteiger partial charge in [0.2, 0.25) is 5.91 Å². The van der Waals surface area contributed by atoms with Crippen LogP contribution >= 0.6 is 0 Å². The van der Waals surface area contributed by atoms with Crippen molar-refractivity contribution in [1.82, 2.24) is 9.80 Å². The van der Waals surface area contributed by atoms with E-state index in [1.54, 1.807) is 0 Å². The average molecular weight is 401 g/mol. The van der Waals surface area contributed by atoms with Crippen LogP contribution in [0.2, 0.25) is 0 Å². The maximum Gasteiger partial charge on any atom is 0.323 e. The number of piperidine rings is 1. The van der Waals surface area contributed by atoms with Gasteiger partial charge in [-0.05, 0) is 24.0 Å². The zero-order chi connectivity index (χ0) is 20.4. The molecule has 0 radical (unpaired) electrons. The van der Waals surface area contributed by atoms with Crippen molar-refractivity contribution >= 4 is 17.6 Å². The summed E-state index contributed by atoms with van der Waals surface area (Å²) in [6.45, 7) is 2.51. The van der Waals surface area contributed by atoms with E-state index in [2.05, 4.69) is 17.3 Å². The lowest BCUT2D eigenvalue weighted by Gasteiger charge is -2.39. The predicted octanol–water partition coefficient (Wildman–Crippen LogP) is 1.28. The van der Waals surface area contributed by atoms with Crippen molar-refractivity contribution in [2.24, 2.45) is 5.16 Å². The molecule has 4 rings (SSSR count). The molecule has 0 N–H and O–H groups in total. The van der Waals surface area contributed by atoms with Gasteiger partial charge in [0.25, 0.3) is 0 Å². The third-order valence-electron chi connectivity index (χ3n) is 6.22. The maximum atomic E-state index is 12.9. The molecule has 8 heteroatoms. The van der Waals surface area contributed by atoms with Crippen LogP contribution in [0.1, 0.15) is 30.4 Å². The standard InChI is InChI=1S/C21H27N3O5/c1-27-20(26)18-11-16(22-28-2)12-24(18)13-19(25)23-9-7-21(8-10-23)17-6-4-3-5-15(17)14-29-21/h3-6,18H,7-14H2,1-2H3/t18-/m0/s1. The van der Waals surface area contributed by atoms with Gasteiger partial charge in [0, 0.05) is 26.1 Å². The van der Waals surface area contributed by atoms with Crippen LogP contribution in [0.15, 0.2) is 29.4 Å². The van der Waals surface area contributed by atoms with Gasteiger partial charge in [-0.25, -0.2) is 0 Å². The second-order valence-corrected chi connectivity index (χ2v) is 7.81.